The number of likely N-dealkylation sites (N-methyl/N-ethyl adjacent to an activating group) is 1. The molecule has 0 saturated heterocycles. The molecule has 18 heavy (non-hydrogen) atoms. The molecule has 0 fully saturated rings. The van der Waals surface area contributed by atoms with Gasteiger partial charge in [-0.25, -0.2) is 0 Å². The molecule has 0 aliphatic heterocycles. The summed E-state index contributed by atoms with van der Waals surface area (Å²) < 4.78 is 5.24. The van der Waals surface area contributed by atoms with Gasteiger partial charge in [0.25, 0.3) is 0 Å². The zero-order chi connectivity index (χ0) is 13.7. The van der Waals surface area contributed by atoms with E-state index in [2.05, 4.69) is 0 Å². The van der Waals surface area contributed by atoms with E-state index < -0.39 is 12.0 Å². The van der Waals surface area contributed by atoms with Gasteiger partial charge < -0.3 is 20.5 Å². The highest BCUT2D eigenvalue weighted by molar-refractivity contribution is 5.80. The fourth-order valence-corrected chi connectivity index (χ4v) is 1.96. The minimum Gasteiger partial charge on any atom is -0.496 e. The maximum Gasteiger partial charge on any atom is 0.236 e. The van der Waals surface area contributed by atoms with Crippen molar-refractivity contribution in [3.63, 3.8) is 0 Å². The van der Waals surface area contributed by atoms with Crippen molar-refractivity contribution in [2.24, 2.45) is 5.73 Å². The summed E-state index contributed by atoms with van der Waals surface area (Å²) in [6.07, 6.45) is -0.682. The molecular weight excluding hydrogens is 232 g/mol. The first kappa shape index (κ1) is 14.3. The number of carbonyl (C=O) groups excluding carboxylic acids is 1. The maximum absolute atomic E-state index is 11.1. The van der Waals surface area contributed by atoms with Crippen LogP contribution in [0.3, 0.4) is 0 Å². The number of carbonyl (C=O) groups is 1. The quantitative estimate of drug-likeness (QED) is 0.793. The fourth-order valence-electron chi connectivity index (χ4n) is 1.96. The van der Waals surface area contributed by atoms with Crippen LogP contribution in [-0.4, -0.2) is 31.2 Å². The third-order valence-electron chi connectivity index (χ3n) is 2.75. The molecule has 0 saturated carbocycles. The molecule has 0 bridgehead atoms. The average molecular weight is 252 g/mol. The van der Waals surface area contributed by atoms with Crippen molar-refractivity contribution in [3.8, 4) is 5.75 Å². The molecule has 0 unspecified atom stereocenters. The van der Waals surface area contributed by atoms with E-state index in [0.29, 0.717) is 17.9 Å². The number of nitrogens with two attached hydrogens (primary N) is 1. The Morgan fingerprint density at radius 2 is 2.22 bits per heavy atom. The number of primary amides is 1. The summed E-state index contributed by atoms with van der Waals surface area (Å²) in [5, 5.41) is 9.87. The van der Waals surface area contributed by atoms with E-state index in [-0.39, 0.29) is 6.54 Å². The SMILES string of the molecule is CCN(CC(N)=O)c1cccc(OC)c1[C@H](C)O. The van der Waals surface area contributed by atoms with Gasteiger partial charge in [0.2, 0.25) is 5.91 Å². The standard InChI is InChI=1S/C13H20N2O3/c1-4-15(8-12(14)17)10-6-5-7-11(18-3)13(10)9(2)16/h5-7,9,16H,4,8H2,1-3H3,(H2,14,17)/t9-/m0/s1. The van der Waals surface area contributed by atoms with Crippen LogP contribution >= 0.6 is 0 Å². The Hall–Kier alpha value is -1.75. The summed E-state index contributed by atoms with van der Waals surface area (Å²) in [5.41, 5.74) is 6.67. The summed E-state index contributed by atoms with van der Waals surface area (Å²) in [5.74, 6) is 0.196. The Bertz CT molecular complexity index is 419. The number of aliphatic hydroxyl groups is 1. The molecule has 5 heteroatoms. The van der Waals surface area contributed by atoms with Crippen LogP contribution in [0.1, 0.15) is 25.5 Å². The van der Waals surface area contributed by atoms with Gasteiger partial charge in [-0.3, -0.25) is 4.79 Å². The predicted octanol–water partition coefficient (Wildman–Crippen LogP) is 1.06. The van der Waals surface area contributed by atoms with Crippen LogP contribution in [0.2, 0.25) is 0 Å². The molecule has 0 radical (unpaired) electrons. The maximum atomic E-state index is 11.1. The van der Waals surface area contributed by atoms with Gasteiger partial charge in [0, 0.05) is 17.8 Å². The average Bonchev–Trinajstić information content (AvgIpc) is 2.34. The first-order valence-corrected chi connectivity index (χ1v) is 5.89. The molecule has 0 aliphatic carbocycles. The third kappa shape index (κ3) is 3.13. The number of aliphatic hydroxyl groups excluding tert-OH is 1. The molecule has 0 heterocycles. The molecule has 100 valence electrons. The normalized spacial score (nSPS) is 12.0. The van der Waals surface area contributed by atoms with Gasteiger partial charge in [-0.05, 0) is 26.0 Å². The molecule has 1 rings (SSSR count). The topological polar surface area (TPSA) is 75.8 Å². The Balaban J connectivity index is 3.24. The van der Waals surface area contributed by atoms with Crippen LogP contribution < -0.4 is 15.4 Å². The molecule has 1 amide bonds. The van der Waals surface area contributed by atoms with Crippen LogP contribution in [0.4, 0.5) is 5.69 Å². The van der Waals surface area contributed by atoms with Gasteiger partial charge in [-0.1, -0.05) is 6.07 Å². The predicted molar refractivity (Wildman–Crippen MR) is 70.7 cm³/mol. The number of hydrogen-bond donors (Lipinski definition) is 2. The summed E-state index contributed by atoms with van der Waals surface area (Å²) in [6, 6.07) is 5.45. The summed E-state index contributed by atoms with van der Waals surface area (Å²) in [7, 11) is 1.55. The van der Waals surface area contributed by atoms with E-state index in [1.165, 1.54) is 0 Å². The van der Waals surface area contributed by atoms with Crippen LogP contribution in [0, 0.1) is 0 Å². The van der Waals surface area contributed by atoms with E-state index in [1.54, 1.807) is 20.1 Å². The minimum absolute atomic E-state index is 0.114. The van der Waals surface area contributed by atoms with Gasteiger partial charge in [-0.2, -0.15) is 0 Å². The lowest BCUT2D eigenvalue weighted by molar-refractivity contribution is -0.116. The Morgan fingerprint density at radius 1 is 1.56 bits per heavy atom. The van der Waals surface area contributed by atoms with Gasteiger partial charge >= 0.3 is 0 Å². The highest BCUT2D eigenvalue weighted by atomic mass is 16.5. The summed E-state index contributed by atoms with van der Waals surface area (Å²) in [6.45, 7) is 4.33. The lowest BCUT2D eigenvalue weighted by Gasteiger charge is -2.26. The van der Waals surface area contributed by atoms with Crippen LogP contribution in [0.5, 0.6) is 5.75 Å². The minimum atomic E-state index is -0.682. The lowest BCUT2D eigenvalue weighted by atomic mass is 10.1. The monoisotopic (exact) mass is 252 g/mol. The summed E-state index contributed by atoms with van der Waals surface area (Å²) >= 11 is 0. The molecule has 1 atom stereocenters. The molecule has 0 aliphatic rings. The second-order valence-electron chi connectivity index (χ2n) is 4.05. The number of hydrogen-bond acceptors (Lipinski definition) is 4. The molecule has 1 aromatic carbocycles. The molecule has 1 aromatic rings. The van der Waals surface area contributed by atoms with Crippen molar-refractivity contribution in [1.29, 1.82) is 0 Å². The largest absolute Gasteiger partial charge is 0.496 e. The number of amides is 1. The number of rotatable bonds is 6. The zero-order valence-corrected chi connectivity index (χ0v) is 11.0. The van der Waals surface area contributed by atoms with Gasteiger partial charge in [0.15, 0.2) is 0 Å². The zero-order valence-electron chi connectivity index (χ0n) is 11.0. The van der Waals surface area contributed by atoms with Crippen molar-refractivity contribution in [2.75, 3.05) is 25.1 Å². The third-order valence-corrected chi connectivity index (χ3v) is 2.75. The van der Waals surface area contributed by atoms with Crippen LogP contribution in [-0.2, 0) is 4.79 Å². The summed E-state index contributed by atoms with van der Waals surface area (Å²) in [4.78, 5) is 12.9. The van der Waals surface area contributed by atoms with Crippen LogP contribution in [0.25, 0.3) is 0 Å². The first-order valence-electron chi connectivity index (χ1n) is 5.89. The van der Waals surface area contributed by atoms with E-state index in [0.717, 1.165) is 5.69 Å². The van der Waals surface area contributed by atoms with Crippen molar-refractivity contribution >= 4 is 11.6 Å². The van der Waals surface area contributed by atoms with E-state index >= 15 is 0 Å². The second-order valence-corrected chi connectivity index (χ2v) is 4.05. The molecule has 0 aromatic heterocycles. The van der Waals surface area contributed by atoms with Crippen molar-refractivity contribution < 1.29 is 14.6 Å². The Morgan fingerprint density at radius 3 is 2.67 bits per heavy atom. The van der Waals surface area contributed by atoms with E-state index in [9.17, 15) is 9.90 Å². The van der Waals surface area contributed by atoms with Crippen molar-refractivity contribution in [3.05, 3.63) is 23.8 Å². The smallest absolute Gasteiger partial charge is 0.236 e. The van der Waals surface area contributed by atoms with E-state index in [4.69, 9.17) is 10.5 Å². The first-order chi connectivity index (χ1) is 8.51. The molecule has 5 nitrogen and oxygen atoms in total. The number of ether oxygens (including phenoxy) is 1. The van der Waals surface area contributed by atoms with Gasteiger partial charge in [-0.15, -0.1) is 0 Å². The van der Waals surface area contributed by atoms with E-state index in [1.807, 2.05) is 24.0 Å². The van der Waals surface area contributed by atoms with Crippen molar-refractivity contribution in [2.45, 2.75) is 20.0 Å². The molecular formula is C13H20N2O3. The lowest BCUT2D eigenvalue weighted by Crippen LogP contribution is -2.34. The van der Waals surface area contributed by atoms with Crippen LogP contribution in [0.15, 0.2) is 18.2 Å². The second kappa shape index (κ2) is 6.26. The Kier molecular flexibility index (Phi) is 4.97. The molecule has 0 spiro atoms. The number of nitrogens with zero attached hydrogens (tertiary/aromatic N) is 1. The Labute approximate surface area is 107 Å². The van der Waals surface area contributed by atoms with Gasteiger partial charge in [0.1, 0.15) is 5.75 Å². The highest BCUT2D eigenvalue weighted by Crippen LogP contribution is 2.34. The number of anilines is 1. The fraction of sp³-hybridized carbons (Fsp3) is 0.462. The number of methoxy groups -OCH3 is 1. The van der Waals surface area contributed by atoms with Crippen molar-refractivity contribution in [1.82, 2.24) is 0 Å². The number of benzene rings is 1. The van der Waals surface area contributed by atoms with Gasteiger partial charge in [0.05, 0.1) is 19.8 Å². The molecule has 3 N–H and O–H groups in total. The highest BCUT2D eigenvalue weighted by Gasteiger charge is 2.18.